The largest absolute Gasteiger partial charge is 0.851 e. The second kappa shape index (κ2) is 15.7. The minimum Gasteiger partial charge on any atom is -0.851 e. The van der Waals surface area contributed by atoms with E-state index in [4.69, 9.17) is 24.0 Å². The Balaban J connectivity index is 1.23. The van der Waals surface area contributed by atoms with Gasteiger partial charge in [0.05, 0.1) is 32.5 Å². The maximum atomic E-state index is 14.3. The first-order valence-corrected chi connectivity index (χ1v) is 18.5. The molecule has 4 aromatic rings. The third kappa shape index (κ3) is 6.53. The number of carbonyl (C=O) groups excluding carboxylic acids is 3. The molecular formula is C40H44N4O10-2. The van der Waals surface area contributed by atoms with Gasteiger partial charge in [-0.1, -0.05) is 36.4 Å². The quantitative estimate of drug-likeness (QED) is 0.0545. The standard InChI is InChI=1S/C40H44N4O10/c1-5-50-38(47)33-28(19-54-53-8-4)41-26-17-15-22(20-11-9-13-24(42-33)29(20)26)31-36(45)32(37(31)46)23-16-18-27-30-21(23)12-10-14-25(30)43-34(39(48)51-6-2)35(44-27)40(49)52-7-3/h9-18,28,31-37,41-44H,5-8,19H2,1-4H3/q-2. The van der Waals surface area contributed by atoms with Gasteiger partial charge < -0.3 is 45.7 Å². The normalized spacial score (nSPS) is 25.4. The molecule has 3 aliphatic rings. The fourth-order valence-corrected chi connectivity index (χ4v) is 8.01. The van der Waals surface area contributed by atoms with Crippen molar-refractivity contribution in [3.63, 3.8) is 0 Å². The van der Waals surface area contributed by atoms with E-state index in [-0.39, 0.29) is 26.4 Å². The molecule has 14 heteroatoms. The van der Waals surface area contributed by atoms with Crippen LogP contribution in [-0.2, 0) is 38.4 Å². The molecule has 0 radical (unpaired) electrons. The number of hydrogen-bond acceptors (Lipinski definition) is 14. The van der Waals surface area contributed by atoms with E-state index < -0.39 is 66.1 Å². The van der Waals surface area contributed by atoms with Crippen LogP contribution < -0.4 is 31.5 Å². The van der Waals surface area contributed by atoms with Gasteiger partial charge in [-0.3, -0.25) is 0 Å². The van der Waals surface area contributed by atoms with Crippen LogP contribution in [0.15, 0.2) is 60.7 Å². The van der Waals surface area contributed by atoms with Gasteiger partial charge in [0.2, 0.25) is 0 Å². The van der Waals surface area contributed by atoms with E-state index in [0.29, 0.717) is 51.3 Å². The van der Waals surface area contributed by atoms with Gasteiger partial charge in [0.25, 0.3) is 0 Å². The summed E-state index contributed by atoms with van der Waals surface area (Å²) in [4.78, 5) is 49.8. The van der Waals surface area contributed by atoms with Crippen molar-refractivity contribution in [3.05, 3.63) is 71.8 Å². The van der Waals surface area contributed by atoms with E-state index in [9.17, 15) is 24.6 Å². The third-order valence-corrected chi connectivity index (χ3v) is 10.4. The second-order valence-corrected chi connectivity index (χ2v) is 13.4. The minimum absolute atomic E-state index is 0.0452. The smallest absolute Gasteiger partial charge is 0.331 e. The number of benzene rings is 4. The van der Waals surface area contributed by atoms with E-state index >= 15 is 0 Å². The molecule has 4 aromatic carbocycles. The van der Waals surface area contributed by atoms with E-state index in [1.807, 2.05) is 36.4 Å². The number of anilines is 4. The fraction of sp³-hybridized carbons (Fsp3) is 0.425. The van der Waals surface area contributed by atoms with Crippen LogP contribution in [-0.4, -0.2) is 87.3 Å². The van der Waals surface area contributed by atoms with Crippen molar-refractivity contribution < 1.29 is 48.6 Å². The Hall–Kier alpha value is -5.15. The van der Waals surface area contributed by atoms with E-state index in [2.05, 4.69) is 21.3 Å². The SMILES string of the molecule is CCOOCC1Nc2ccc(C3C([O-])C(c4ccc5c6c(cccc46)NC(C(=O)OCC)C(C(=O)OCC)N5)C3[O-])c3cccc(c23)NC1C(=O)OCC. The van der Waals surface area contributed by atoms with Crippen LogP contribution in [0.3, 0.4) is 0 Å². The molecule has 2 heterocycles. The summed E-state index contributed by atoms with van der Waals surface area (Å²) in [6.07, 6.45) is -2.56. The first-order chi connectivity index (χ1) is 26.2. The lowest BCUT2D eigenvalue weighted by molar-refractivity contribution is -0.535. The van der Waals surface area contributed by atoms with E-state index in [1.165, 1.54) is 0 Å². The molecule has 6 unspecified atom stereocenters. The lowest BCUT2D eigenvalue weighted by Crippen LogP contribution is -2.63. The summed E-state index contributed by atoms with van der Waals surface area (Å²) in [5.41, 5.74) is 3.67. The predicted octanol–water partition coefficient (Wildman–Crippen LogP) is 3.14. The fourth-order valence-electron chi connectivity index (χ4n) is 8.01. The highest BCUT2D eigenvalue weighted by Crippen LogP contribution is 2.51. The van der Waals surface area contributed by atoms with Gasteiger partial charge in [-0.2, -0.15) is 0 Å². The van der Waals surface area contributed by atoms with Gasteiger partial charge in [-0.25, -0.2) is 24.2 Å². The molecule has 6 atom stereocenters. The second-order valence-electron chi connectivity index (χ2n) is 13.4. The van der Waals surface area contributed by atoms with Gasteiger partial charge in [0.15, 0.2) is 12.1 Å². The Morgan fingerprint density at radius 3 is 1.43 bits per heavy atom. The molecule has 0 aromatic heterocycles. The van der Waals surface area contributed by atoms with Crippen molar-refractivity contribution in [1.82, 2.24) is 0 Å². The molecule has 0 amide bonds. The van der Waals surface area contributed by atoms with Crippen molar-refractivity contribution >= 4 is 62.2 Å². The molecule has 1 saturated carbocycles. The van der Waals surface area contributed by atoms with Crippen molar-refractivity contribution in [2.24, 2.45) is 0 Å². The van der Waals surface area contributed by atoms with Gasteiger partial charge in [0.1, 0.15) is 12.6 Å². The lowest BCUT2D eigenvalue weighted by Gasteiger charge is -2.62. The van der Waals surface area contributed by atoms with E-state index in [0.717, 1.165) is 10.8 Å². The van der Waals surface area contributed by atoms with Crippen LogP contribution in [0.1, 0.15) is 50.7 Å². The van der Waals surface area contributed by atoms with E-state index in [1.54, 1.807) is 52.0 Å². The van der Waals surface area contributed by atoms with Crippen LogP contribution in [0.25, 0.3) is 21.5 Å². The Kier molecular flexibility index (Phi) is 10.8. The number of nitrogens with one attached hydrogen (secondary N) is 4. The molecule has 1 fully saturated rings. The first-order valence-electron chi connectivity index (χ1n) is 18.5. The van der Waals surface area contributed by atoms with Gasteiger partial charge >= 0.3 is 17.9 Å². The number of carbonyl (C=O) groups is 3. The zero-order valence-corrected chi connectivity index (χ0v) is 30.5. The summed E-state index contributed by atoms with van der Waals surface area (Å²) in [6.45, 7) is 7.73. The van der Waals surface area contributed by atoms with Gasteiger partial charge in [-0.05, 0) is 85.7 Å². The molecule has 2 aliphatic heterocycles. The van der Waals surface area contributed by atoms with Gasteiger partial charge in [0, 0.05) is 33.5 Å². The molecule has 14 nitrogen and oxygen atoms in total. The molecule has 0 spiro atoms. The molecule has 286 valence electrons. The lowest BCUT2D eigenvalue weighted by atomic mass is 9.62. The Morgan fingerprint density at radius 2 is 0.963 bits per heavy atom. The van der Waals surface area contributed by atoms with Crippen LogP contribution >= 0.6 is 0 Å². The molecule has 54 heavy (non-hydrogen) atoms. The average molecular weight is 741 g/mol. The summed E-state index contributed by atoms with van der Waals surface area (Å²) < 4.78 is 16.0. The zero-order chi connectivity index (χ0) is 38.1. The maximum Gasteiger partial charge on any atom is 0.331 e. The zero-order valence-electron chi connectivity index (χ0n) is 30.5. The van der Waals surface area contributed by atoms with Gasteiger partial charge in [-0.15, -0.1) is 12.2 Å². The summed E-state index contributed by atoms with van der Waals surface area (Å²) in [5.74, 6) is -3.44. The predicted molar refractivity (Wildman–Crippen MR) is 198 cm³/mol. The highest BCUT2D eigenvalue weighted by Gasteiger charge is 2.43. The Bertz CT molecular complexity index is 2020. The molecule has 0 bridgehead atoms. The molecule has 1 aliphatic carbocycles. The summed E-state index contributed by atoms with van der Waals surface area (Å²) in [7, 11) is 0. The molecule has 0 saturated heterocycles. The monoisotopic (exact) mass is 740 g/mol. The molecular weight excluding hydrogens is 696 g/mol. The van der Waals surface area contributed by atoms with Crippen molar-refractivity contribution in [2.45, 2.75) is 75.9 Å². The maximum absolute atomic E-state index is 14.3. The topological polar surface area (TPSA) is 192 Å². The summed E-state index contributed by atoms with van der Waals surface area (Å²) >= 11 is 0. The minimum atomic E-state index is -1.28. The Morgan fingerprint density at radius 1 is 0.537 bits per heavy atom. The number of ether oxygens (including phenoxy) is 3. The number of hydrogen-bond donors (Lipinski definition) is 4. The van der Waals surface area contributed by atoms with Crippen LogP contribution in [0, 0.1) is 0 Å². The molecule has 7 rings (SSSR count). The highest BCUT2D eigenvalue weighted by molar-refractivity contribution is 6.09. The third-order valence-electron chi connectivity index (χ3n) is 10.4. The summed E-state index contributed by atoms with van der Waals surface area (Å²) in [5, 5.41) is 44.6. The Labute approximate surface area is 312 Å². The van der Waals surface area contributed by atoms with Crippen molar-refractivity contribution in [2.75, 3.05) is 54.3 Å². The number of rotatable bonds is 12. The highest BCUT2D eigenvalue weighted by atomic mass is 17.2. The van der Waals surface area contributed by atoms with Crippen LogP contribution in [0.4, 0.5) is 22.7 Å². The van der Waals surface area contributed by atoms with Crippen molar-refractivity contribution in [3.8, 4) is 0 Å². The van der Waals surface area contributed by atoms with Crippen LogP contribution in [0.2, 0.25) is 0 Å². The van der Waals surface area contributed by atoms with Crippen LogP contribution in [0.5, 0.6) is 0 Å². The summed E-state index contributed by atoms with van der Waals surface area (Å²) in [6, 6.07) is 14.5. The van der Waals surface area contributed by atoms with Crippen molar-refractivity contribution in [1.29, 1.82) is 0 Å². The molecule has 4 N–H and O–H groups in total. The number of esters is 3. The average Bonchev–Trinajstić information content (AvgIpc) is 3.44. The first kappa shape index (κ1) is 37.2.